The fraction of sp³-hybridized carbons (Fsp3) is 0.579. The van der Waals surface area contributed by atoms with E-state index in [0.29, 0.717) is 28.7 Å². The van der Waals surface area contributed by atoms with E-state index in [1.54, 1.807) is 12.3 Å². The van der Waals surface area contributed by atoms with Crippen LogP contribution >= 0.6 is 0 Å². The molecular weight excluding hydrogens is 318 g/mol. The van der Waals surface area contributed by atoms with E-state index in [-0.39, 0.29) is 24.2 Å². The predicted octanol–water partition coefficient (Wildman–Crippen LogP) is 2.80. The second kappa shape index (κ2) is 7.33. The molecule has 3 unspecified atom stereocenters. The number of carbonyl (C=O) groups is 1. The Kier molecular flexibility index (Phi) is 5.16. The summed E-state index contributed by atoms with van der Waals surface area (Å²) in [5.74, 6) is 1.05. The van der Waals surface area contributed by atoms with Gasteiger partial charge in [0.1, 0.15) is 12.6 Å². The molecule has 3 atom stereocenters. The molecule has 2 heterocycles. The van der Waals surface area contributed by atoms with Crippen molar-refractivity contribution < 1.29 is 9.53 Å². The zero-order valence-corrected chi connectivity index (χ0v) is 15.0. The molecule has 25 heavy (non-hydrogen) atoms. The molecule has 6 heteroatoms. The number of carbonyl (C=O) groups excluding carboxylic acids is 1. The lowest BCUT2D eigenvalue weighted by atomic mass is 9.75. The number of nitrogens with zero attached hydrogens (tertiary/aromatic N) is 3. The van der Waals surface area contributed by atoms with Gasteiger partial charge < -0.3 is 4.74 Å². The van der Waals surface area contributed by atoms with Gasteiger partial charge in [-0.05, 0) is 36.7 Å². The smallest absolute Gasteiger partial charge is 0.326 e. The fourth-order valence-corrected chi connectivity index (χ4v) is 3.72. The molecule has 0 aliphatic heterocycles. The zero-order valence-electron chi connectivity index (χ0n) is 15.0. The summed E-state index contributed by atoms with van der Waals surface area (Å²) in [6.07, 6.45) is 7.56. The second-order valence-corrected chi connectivity index (χ2v) is 7.42. The van der Waals surface area contributed by atoms with Crippen molar-refractivity contribution in [3.63, 3.8) is 0 Å². The largest absolute Gasteiger partial charge is 0.461 e. The number of rotatable bonds is 4. The summed E-state index contributed by atoms with van der Waals surface area (Å²) in [4.78, 5) is 33.0. The van der Waals surface area contributed by atoms with Crippen molar-refractivity contribution in [2.45, 2.75) is 52.7 Å². The summed E-state index contributed by atoms with van der Waals surface area (Å²) in [5, 5.41) is 0.455. The lowest BCUT2D eigenvalue weighted by Gasteiger charge is -2.36. The molecule has 0 radical (unpaired) electrons. The normalized spacial score (nSPS) is 23.8. The topological polar surface area (TPSA) is 74.1 Å². The Bertz CT molecular complexity index is 815. The summed E-state index contributed by atoms with van der Waals surface area (Å²) in [6.45, 7) is 6.43. The summed E-state index contributed by atoms with van der Waals surface area (Å²) in [6, 6.07) is 1.62. The Morgan fingerprint density at radius 2 is 2.20 bits per heavy atom. The molecule has 0 saturated heterocycles. The highest BCUT2D eigenvalue weighted by Crippen LogP contribution is 2.35. The van der Waals surface area contributed by atoms with Crippen LogP contribution < -0.4 is 5.56 Å². The predicted molar refractivity (Wildman–Crippen MR) is 95.0 cm³/mol. The first-order chi connectivity index (χ1) is 12.0. The van der Waals surface area contributed by atoms with Gasteiger partial charge in [-0.25, -0.2) is 4.98 Å². The average molecular weight is 343 g/mol. The minimum absolute atomic E-state index is 0.0652. The molecule has 1 saturated carbocycles. The molecule has 0 N–H and O–H groups in total. The quantitative estimate of drug-likeness (QED) is 0.798. The van der Waals surface area contributed by atoms with Crippen molar-refractivity contribution in [3.05, 3.63) is 35.1 Å². The molecule has 0 aromatic carbocycles. The summed E-state index contributed by atoms with van der Waals surface area (Å²) >= 11 is 0. The molecule has 1 fully saturated rings. The van der Waals surface area contributed by atoms with Crippen LogP contribution in [0, 0.1) is 17.8 Å². The molecular formula is C19H25N3O3. The van der Waals surface area contributed by atoms with Crippen LogP contribution in [0.15, 0.2) is 29.6 Å². The number of aromatic nitrogens is 3. The molecule has 2 aromatic rings. The van der Waals surface area contributed by atoms with Crippen molar-refractivity contribution in [2.75, 3.05) is 0 Å². The maximum atomic E-state index is 12.5. The number of esters is 1. The maximum absolute atomic E-state index is 12.5. The van der Waals surface area contributed by atoms with Crippen LogP contribution in [0.3, 0.4) is 0 Å². The SMILES string of the molecule is CC1CCC(C(C)C)C(OC(=O)Cn2cnc3cnccc3c2=O)C1. The van der Waals surface area contributed by atoms with Crippen molar-refractivity contribution in [3.8, 4) is 0 Å². The highest BCUT2D eigenvalue weighted by molar-refractivity contribution is 5.76. The van der Waals surface area contributed by atoms with E-state index in [1.807, 2.05) is 0 Å². The van der Waals surface area contributed by atoms with E-state index < -0.39 is 0 Å². The molecule has 1 aliphatic carbocycles. The van der Waals surface area contributed by atoms with Gasteiger partial charge >= 0.3 is 5.97 Å². The Morgan fingerprint density at radius 3 is 2.96 bits per heavy atom. The van der Waals surface area contributed by atoms with Gasteiger partial charge in [0.25, 0.3) is 5.56 Å². The second-order valence-electron chi connectivity index (χ2n) is 7.42. The van der Waals surface area contributed by atoms with Gasteiger partial charge in [-0.2, -0.15) is 0 Å². The maximum Gasteiger partial charge on any atom is 0.326 e. The van der Waals surface area contributed by atoms with Crippen LogP contribution in [0.4, 0.5) is 0 Å². The van der Waals surface area contributed by atoms with Crippen LogP contribution in [-0.4, -0.2) is 26.6 Å². The van der Waals surface area contributed by atoms with Gasteiger partial charge in [0, 0.05) is 6.20 Å². The van der Waals surface area contributed by atoms with E-state index >= 15 is 0 Å². The number of fused-ring (bicyclic) bond motifs is 1. The lowest BCUT2D eigenvalue weighted by Crippen LogP contribution is -2.37. The van der Waals surface area contributed by atoms with Gasteiger partial charge in [0.2, 0.25) is 0 Å². The number of ether oxygens (including phenoxy) is 1. The minimum atomic E-state index is -0.373. The first kappa shape index (κ1) is 17.6. The van der Waals surface area contributed by atoms with Crippen LogP contribution in [-0.2, 0) is 16.1 Å². The number of hydrogen-bond acceptors (Lipinski definition) is 5. The first-order valence-corrected chi connectivity index (χ1v) is 8.94. The lowest BCUT2D eigenvalue weighted by molar-refractivity contribution is -0.156. The highest BCUT2D eigenvalue weighted by atomic mass is 16.5. The first-order valence-electron chi connectivity index (χ1n) is 8.94. The van der Waals surface area contributed by atoms with Crippen molar-refractivity contribution in [1.82, 2.24) is 14.5 Å². The van der Waals surface area contributed by atoms with Crippen molar-refractivity contribution in [1.29, 1.82) is 0 Å². The van der Waals surface area contributed by atoms with E-state index in [4.69, 9.17) is 4.74 Å². The standard InChI is InChI=1S/C19H25N3O3/c1-12(2)14-5-4-13(3)8-17(14)25-18(23)10-22-11-21-16-9-20-7-6-15(16)19(22)24/h6-7,9,11-14,17H,4-5,8,10H2,1-3H3. The monoisotopic (exact) mass is 343 g/mol. The summed E-state index contributed by atoms with van der Waals surface area (Å²) in [7, 11) is 0. The van der Waals surface area contributed by atoms with Gasteiger partial charge in [-0.15, -0.1) is 0 Å². The summed E-state index contributed by atoms with van der Waals surface area (Å²) in [5.41, 5.74) is 0.278. The van der Waals surface area contributed by atoms with Crippen LogP contribution in [0.1, 0.15) is 40.0 Å². The third-order valence-electron chi connectivity index (χ3n) is 5.17. The Morgan fingerprint density at radius 1 is 1.40 bits per heavy atom. The Hall–Kier alpha value is -2.24. The van der Waals surface area contributed by atoms with Gasteiger partial charge in [-0.3, -0.25) is 19.1 Å². The van der Waals surface area contributed by atoms with E-state index in [1.165, 1.54) is 23.5 Å². The zero-order chi connectivity index (χ0) is 18.0. The Labute approximate surface area is 147 Å². The third-order valence-corrected chi connectivity index (χ3v) is 5.17. The summed E-state index contributed by atoms with van der Waals surface area (Å²) < 4.78 is 7.07. The van der Waals surface area contributed by atoms with Gasteiger partial charge in [0.05, 0.1) is 23.4 Å². The fourth-order valence-electron chi connectivity index (χ4n) is 3.72. The molecule has 1 aliphatic rings. The molecule has 3 rings (SSSR count). The number of pyridine rings is 1. The van der Waals surface area contributed by atoms with Crippen LogP contribution in [0.2, 0.25) is 0 Å². The molecule has 2 aromatic heterocycles. The molecule has 134 valence electrons. The van der Waals surface area contributed by atoms with Crippen molar-refractivity contribution >= 4 is 16.9 Å². The van der Waals surface area contributed by atoms with E-state index in [0.717, 1.165) is 12.8 Å². The van der Waals surface area contributed by atoms with Crippen LogP contribution in [0.25, 0.3) is 10.9 Å². The van der Waals surface area contributed by atoms with Crippen LogP contribution in [0.5, 0.6) is 0 Å². The van der Waals surface area contributed by atoms with Crippen molar-refractivity contribution in [2.24, 2.45) is 17.8 Å². The molecule has 0 amide bonds. The molecule has 6 nitrogen and oxygen atoms in total. The molecule has 0 spiro atoms. The Balaban J connectivity index is 1.74. The number of hydrogen-bond donors (Lipinski definition) is 0. The average Bonchev–Trinajstić information content (AvgIpc) is 2.57. The van der Waals surface area contributed by atoms with E-state index in [2.05, 4.69) is 30.7 Å². The highest BCUT2D eigenvalue weighted by Gasteiger charge is 2.33. The minimum Gasteiger partial charge on any atom is -0.461 e. The van der Waals surface area contributed by atoms with Gasteiger partial charge in [0.15, 0.2) is 0 Å². The molecule has 0 bridgehead atoms. The van der Waals surface area contributed by atoms with E-state index in [9.17, 15) is 9.59 Å². The third kappa shape index (κ3) is 3.89. The van der Waals surface area contributed by atoms with Gasteiger partial charge in [-0.1, -0.05) is 27.2 Å².